The van der Waals surface area contributed by atoms with Gasteiger partial charge in [0.25, 0.3) is 0 Å². The van der Waals surface area contributed by atoms with Crippen LogP contribution in [0.2, 0.25) is 0 Å². The van der Waals surface area contributed by atoms with E-state index < -0.39 is 0 Å². The molecule has 16 heavy (non-hydrogen) atoms. The fourth-order valence-corrected chi connectivity index (χ4v) is 1.30. The minimum atomic E-state index is -0.280. The summed E-state index contributed by atoms with van der Waals surface area (Å²) in [6.07, 6.45) is 2.19. The standard InChI is InChI=1S/C11H20N4O/c1-4-12-11-13-7-5-10(14-11)15(3)8-6-9(2)16/h5,7,9,16H,4,6,8H2,1-3H3,(H,12,13,14). The quantitative estimate of drug-likeness (QED) is 0.758. The molecule has 0 aliphatic heterocycles. The van der Waals surface area contributed by atoms with E-state index in [1.165, 1.54) is 0 Å². The minimum Gasteiger partial charge on any atom is -0.393 e. The maximum Gasteiger partial charge on any atom is 0.224 e. The summed E-state index contributed by atoms with van der Waals surface area (Å²) >= 11 is 0. The second-order valence-corrected chi connectivity index (χ2v) is 3.83. The van der Waals surface area contributed by atoms with Crippen molar-refractivity contribution in [2.75, 3.05) is 30.4 Å². The van der Waals surface area contributed by atoms with Crippen LogP contribution >= 0.6 is 0 Å². The van der Waals surface area contributed by atoms with Gasteiger partial charge in [-0.2, -0.15) is 4.98 Å². The topological polar surface area (TPSA) is 61.3 Å². The summed E-state index contributed by atoms with van der Waals surface area (Å²) in [7, 11) is 1.96. The first kappa shape index (κ1) is 12.7. The lowest BCUT2D eigenvalue weighted by molar-refractivity contribution is 0.187. The molecule has 1 aromatic heterocycles. The Morgan fingerprint density at radius 3 is 2.94 bits per heavy atom. The van der Waals surface area contributed by atoms with Crippen LogP contribution in [0.3, 0.4) is 0 Å². The van der Waals surface area contributed by atoms with Crippen molar-refractivity contribution in [2.45, 2.75) is 26.4 Å². The van der Waals surface area contributed by atoms with Crippen LogP contribution in [0.5, 0.6) is 0 Å². The van der Waals surface area contributed by atoms with Gasteiger partial charge in [-0.05, 0) is 26.3 Å². The number of aliphatic hydroxyl groups is 1. The number of rotatable bonds is 6. The highest BCUT2D eigenvalue weighted by molar-refractivity contribution is 5.41. The Morgan fingerprint density at radius 2 is 2.31 bits per heavy atom. The van der Waals surface area contributed by atoms with Crippen LogP contribution < -0.4 is 10.2 Å². The van der Waals surface area contributed by atoms with E-state index in [2.05, 4.69) is 15.3 Å². The highest BCUT2D eigenvalue weighted by atomic mass is 16.3. The lowest BCUT2D eigenvalue weighted by Gasteiger charge is -2.19. The summed E-state index contributed by atoms with van der Waals surface area (Å²) in [5.41, 5.74) is 0. The zero-order valence-corrected chi connectivity index (χ0v) is 10.1. The number of aromatic nitrogens is 2. The molecule has 1 unspecified atom stereocenters. The molecule has 90 valence electrons. The van der Waals surface area contributed by atoms with Gasteiger partial charge in [0.15, 0.2) is 0 Å². The Balaban J connectivity index is 2.60. The van der Waals surface area contributed by atoms with Crippen molar-refractivity contribution < 1.29 is 5.11 Å². The molecule has 1 aromatic rings. The van der Waals surface area contributed by atoms with Crippen LogP contribution in [0.1, 0.15) is 20.3 Å². The number of nitrogens with one attached hydrogen (secondary N) is 1. The first-order valence-electron chi connectivity index (χ1n) is 5.59. The fourth-order valence-electron chi connectivity index (χ4n) is 1.30. The third-order valence-electron chi connectivity index (χ3n) is 2.25. The first-order valence-corrected chi connectivity index (χ1v) is 5.59. The van der Waals surface area contributed by atoms with E-state index in [1.807, 2.05) is 24.9 Å². The van der Waals surface area contributed by atoms with Crippen LogP contribution in [0.15, 0.2) is 12.3 Å². The zero-order valence-electron chi connectivity index (χ0n) is 10.1. The summed E-state index contributed by atoms with van der Waals surface area (Å²) in [4.78, 5) is 10.5. The predicted molar refractivity (Wildman–Crippen MR) is 65.8 cm³/mol. The van der Waals surface area contributed by atoms with Crippen molar-refractivity contribution >= 4 is 11.8 Å². The zero-order chi connectivity index (χ0) is 12.0. The Labute approximate surface area is 96.5 Å². The molecule has 0 spiro atoms. The van der Waals surface area contributed by atoms with Gasteiger partial charge in [-0.25, -0.2) is 4.98 Å². The average molecular weight is 224 g/mol. The molecule has 1 rings (SSSR count). The summed E-state index contributed by atoms with van der Waals surface area (Å²) < 4.78 is 0. The van der Waals surface area contributed by atoms with Crippen LogP contribution in [0.4, 0.5) is 11.8 Å². The van der Waals surface area contributed by atoms with Crippen LogP contribution in [0, 0.1) is 0 Å². The van der Waals surface area contributed by atoms with Gasteiger partial charge in [-0.3, -0.25) is 0 Å². The highest BCUT2D eigenvalue weighted by Gasteiger charge is 2.05. The van der Waals surface area contributed by atoms with Crippen molar-refractivity contribution in [2.24, 2.45) is 0 Å². The van der Waals surface area contributed by atoms with E-state index >= 15 is 0 Å². The monoisotopic (exact) mass is 224 g/mol. The smallest absolute Gasteiger partial charge is 0.224 e. The molecule has 0 saturated carbocycles. The first-order chi connectivity index (χ1) is 7.63. The van der Waals surface area contributed by atoms with Crippen molar-refractivity contribution in [1.82, 2.24) is 9.97 Å². The van der Waals surface area contributed by atoms with E-state index in [0.29, 0.717) is 5.95 Å². The van der Waals surface area contributed by atoms with E-state index in [0.717, 1.165) is 25.3 Å². The van der Waals surface area contributed by atoms with E-state index in [1.54, 1.807) is 13.1 Å². The van der Waals surface area contributed by atoms with Crippen LogP contribution in [-0.2, 0) is 0 Å². The van der Waals surface area contributed by atoms with Crippen LogP contribution in [-0.4, -0.2) is 41.3 Å². The van der Waals surface area contributed by atoms with Crippen LogP contribution in [0.25, 0.3) is 0 Å². The molecule has 0 aromatic carbocycles. The maximum absolute atomic E-state index is 9.22. The van der Waals surface area contributed by atoms with Gasteiger partial charge in [0, 0.05) is 26.3 Å². The van der Waals surface area contributed by atoms with E-state index in [4.69, 9.17) is 0 Å². The molecule has 2 N–H and O–H groups in total. The van der Waals surface area contributed by atoms with Gasteiger partial charge in [0.2, 0.25) is 5.95 Å². The summed E-state index contributed by atoms with van der Waals surface area (Å²) in [5, 5.41) is 12.3. The lowest BCUT2D eigenvalue weighted by atomic mass is 10.3. The van der Waals surface area contributed by atoms with E-state index in [-0.39, 0.29) is 6.10 Å². The van der Waals surface area contributed by atoms with Crippen molar-refractivity contribution in [1.29, 1.82) is 0 Å². The lowest BCUT2D eigenvalue weighted by Crippen LogP contribution is -2.23. The number of hydrogen-bond donors (Lipinski definition) is 2. The van der Waals surface area contributed by atoms with Crippen molar-refractivity contribution in [3.8, 4) is 0 Å². The molecule has 0 aliphatic carbocycles. The second kappa shape index (κ2) is 6.27. The second-order valence-electron chi connectivity index (χ2n) is 3.83. The number of nitrogens with zero attached hydrogens (tertiary/aromatic N) is 3. The normalized spacial score (nSPS) is 12.2. The third kappa shape index (κ3) is 4.02. The maximum atomic E-state index is 9.22. The summed E-state index contributed by atoms with van der Waals surface area (Å²) in [6.45, 7) is 5.38. The number of hydrogen-bond acceptors (Lipinski definition) is 5. The van der Waals surface area contributed by atoms with Gasteiger partial charge in [-0.1, -0.05) is 0 Å². The molecule has 1 heterocycles. The van der Waals surface area contributed by atoms with Crippen molar-refractivity contribution in [3.63, 3.8) is 0 Å². The van der Waals surface area contributed by atoms with Gasteiger partial charge in [-0.15, -0.1) is 0 Å². The fraction of sp³-hybridized carbons (Fsp3) is 0.636. The predicted octanol–water partition coefficient (Wildman–Crippen LogP) is 1.12. The Hall–Kier alpha value is -1.36. The molecular formula is C11H20N4O. The molecule has 1 atom stereocenters. The Kier molecular flexibility index (Phi) is 4.98. The molecule has 0 aliphatic rings. The molecule has 0 radical (unpaired) electrons. The Morgan fingerprint density at radius 1 is 1.56 bits per heavy atom. The molecule has 0 fully saturated rings. The highest BCUT2D eigenvalue weighted by Crippen LogP contribution is 2.10. The molecule has 5 heteroatoms. The molecule has 0 bridgehead atoms. The molecule has 0 saturated heterocycles. The number of aliphatic hydroxyl groups excluding tert-OH is 1. The number of anilines is 2. The van der Waals surface area contributed by atoms with E-state index in [9.17, 15) is 5.11 Å². The molecular weight excluding hydrogens is 204 g/mol. The van der Waals surface area contributed by atoms with Gasteiger partial charge >= 0.3 is 0 Å². The molecule has 5 nitrogen and oxygen atoms in total. The van der Waals surface area contributed by atoms with Gasteiger partial charge in [0.1, 0.15) is 5.82 Å². The van der Waals surface area contributed by atoms with Gasteiger partial charge in [0.05, 0.1) is 6.10 Å². The third-order valence-corrected chi connectivity index (χ3v) is 2.25. The average Bonchev–Trinajstić information content (AvgIpc) is 2.26. The van der Waals surface area contributed by atoms with Gasteiger partial charge < -0.3 is 15.3 Å². The minimum absolute atomic E-state index is 0.280. The summed E-state index contributed by atoms with van der Waals surface area (Å²) in [6, 6.07) is 1.86. The SMILES string of the molecule is CCNc1nccc(N(C)CCC(C)O)n1. The summed E-state index contributed by atoms with van der Waals surface area (Å²) in [5.74, 6) is 1.51. The molecule has 0 amide bonds. The van der Waals surface area contributed by atoms with Crippen molar-refractivity contribution in [3.05, 3.63) is 12.3 Å². The largest absolute Gasteiger partial charge is 0.393 e. The Bertz CT molecular complexity index is 317.